The van der Waals surface area contributed by atoms with Crippen LogP contribution in [0.1, 0.15) is 26.3 Å². The summed E-state index contributed by atoms with van der Waals surface area (Å²) in [5.74, 6) is -0.152. The molecule has 2 amide bonds. The van der Waals surface area contributed by atoms with Crippen LogP contribution in [0.5, 0.6) is 11.5 Å². The Kier molecular flexibility index (Phi) is 10.9. The Morgan fingerprint density at radius 3 is 2.22 bits per heavy atom. The Balaban J connectivity index is 2.48. The Labute approximate surface area is 228 Å². The van der Waals surface area contributed by atoms with E-state index in [1.807, 2.05) is 13.8 Å². The lowest BCUT2D eigenvalue weighted by Gasteiger charge is -2.32. The second-order valence-electron chi connectivity index (χ2n) is 8.89. The van der Waals surface area contributed by atoms with Gasteiger partial charge in [-0.3, -0.25) is 13.9 Å². The van der Waals surface area contributed by atoms with Crippen LogP contribution in [0, 0.1) is 5.92 Å². The molecule has 0 unspecified atom stereocenters. The van der Waals surface area contributed by atoms with E-state index >= 15 is 0 Å². The van der Waals surface area contributed by atoms with Crippen molar-refractivity contribution < 1.29 is 27.5 Å². The number of carbonyl (C=O) groups excluding carboxylic acids is 2. The zero-order chi connectivity index (χ0) is 27.9. The van der Waals surface area contributed by atoms with Gasteiger partial charge in [0.2, 0.25) is 21.8 Å². The summed E-state index contributed by atoms with van der Waals surface area (Å²) in [5.41, 5.74) is 0.750. The van der Waals surface area contributed by atoms with Crippen molar-refractivity contribution >= 4 is 50.7 Å². The lowest BCUT2D eigenvalue weighted by molar-refractivity contribution is -0.139. The van der Waals surface area contributed by atoms with Crippen molar-refractivity contribution in [3.8, 4) is 11.5 Å². The predicted molar refractivity (Wildman–Crippen MR) is 146 cm³/mol. The fourth-order valence-corrected chi connectivity index (χ4v) is 4.62. The molecule has 9 nitrogen and oxygen atoms in total. The highest BCUT2D eigenvalue weighted by atomic mass is 35.5. The largest absolute Gasteiger partial charge is 0.497 e. The van der Waals surface area contributed by atoms with E-state index in [0.29, 0.717) is 27.9 Å². The molecule has 0 saturated carbocycles. The number of halogens is 2. The van der Waals surface area contributed by atoms with Crippen molar-refractivity contribution in [2.45, 2.75) is 33.4 Å². The number of amides is 2. The number of hydrogen-bond donors (Lipinski definition) is 1. The minimum atomic E-state index is -3.95. The molecular weight excluding hydrogens is 541 g/mol. The maximum absolute atomic E-state index is 13.7. The van der Waals surface area contributed by atoms with Crippen LogP contribution in [0.25, 0.3) is 0 Å². The normalized spacial score (nSPS) is 12.1. The molecule has 204 valence electrons. The first kappa shape index (κ1) is 30.5. The highest BCUT2D eigenvalue weighted by Gasteiger charge is 2.31. The zero-order valence-electron chi connectivity index (χ0n) is 21.7. The number of ether oxygens (including phenoxy) is 2. The van der Waals surface area contributed by atoms with Gasteiger partial charge in [-0.2, -0.15) is 0 Å². The molecule has 37 heavy (non-hydrogen) atoms. The number of benzene rings is 2. The summed E-state index contributed by atoms with van der Waals surface area (Å²) in [6, 6.07) is 8.60. The first-order valence-corrected chi connectivity index (χ1v) is 14.1. The molecule has 0 saturated heterocycles. The molecule has 0 radical (unpaired) electrons. The average Bonchev–Trinajstić information content (AvgIpc) is 2.84. The van der Waals surface area contributed by atoms with Gasteiger partial charge in [0.05, 0.1) is 36.2 Å². The maximum Gasteiger partial charge on any atom is 0.244 e. The van der Waals surface area contributed by atoms with E-state index in [4.69, 9.17) is 32.7 Å². The quantitative estimate of drug-likeness (QED) is 0.412. The standard InChI is InChI=1S/C25H33Cl2N3O6S/c1-16(2)13-28-25(32)17(3)29(14-18-7-9-20(26)21(27)11-18)24(31)15-30(37(6,33)34)22-12-19(35-4)8-10-23(22)36-5/h7-12,16-17H,13-15H2,1-6H3,(H,28,32)/t17-/m0/s1. The molecule has 12 heteroatoms. The highest BCUT2D eigenvalue weighted by Crippen LogP contribution is 2.34. The van der Waals surface area contributed by atoms with E-state index in [1.165, 1.54) is 25.2 Å². The van der Waals surface area contributed by atoms with Crippen molar-refractivity contribution in [3.63, 3.8) is 0 Å². The van der Waals surface area contributed by atoms with Crippen molar-refractivity contribution in [1.82, 2.24) is 10.2 Å². The van der Waals surface area contributed by atoms with Crippen LogP contribution < -0.4 is 19.1 Å². The van der Waals surface area contributed by atoms with E-state index in [9.17, 15) is 18.0 Å². The molecule has 0 aliphatic carbocycles. The number of anilines is 1. The third-order valence-electron chi connectivity index (χ3n) is 5.52. The molecule has 0 heterocycles. The lowest BCUT2D eigenvalue weighted by Crippen LogP contribution is -2.51. The number of sulfonamides is 1. The van der Waals surface area contributed by atoms with E-state index in [1.54, 1.807) is 37.3 Å². The van der Waals surface area contributed by atoms with Gasteiger partial charge in [0.15, 0.2) is 0 Å². The molecule has 1 atom stereocenters. The van der Waals surface area contributed by atoms with Gasteiger partial charge in [0, 0.05) is 19.2 Å². The second-order valence-corrected chi connectivity index (χ2v) is 11.6. The van der Waals surface area contributed by atoms with Crippen molar-refractivity contribution in [3.05, 3.63) is 52.0 Å². The smallest absolute Gasteiger partial charge is 0.244 e. The number of methoxy groups -OCH3 is 2. The summed E-state index contributed by atoms with van der Waals surface area (Å²) in [7, 11) is -1.11. The highest BCUT2D eigenvalue weighted by molar-refractivity contribution is 7.92. The van der Waals surface area contributed by atoms with Gasteiger partial charge in [0.25, 0.3) is 0 Å². The van der Waals surface area contributed by atoms with Crippen molar-refractivity contribution in [2.75, 3.05) is 37.9 Å². The molecule has 0 aliphatic rings. The van der Waals surface area contributed by atoms with Crippen molar-refractivity contribution in [1.29, 1.82) is 0 Å². The number of rotatable bonds is 12. The Bertz CT molecular complexity index is 1220. The van der Waals surface area contributed by atoms with Crippen LogP contribution in [0.15, 0.2) is 36.4 Å². The molecule has 2 rings (SSSR count). The van der Waals surface area contributed by atoms with Crippen LogP contribution in [-0.4, -0.2) is 64.7 Å². The fraction of sp³-hybridized carbons (Fsp3) is 0.440. The van der Waals surface area contributed by atoms with E-state index in [2.05, 4.69) is 5.32 Å². The molecular formula is C25H33Cl2N3O6S. The number of nitrogens with zero attached hydrogens (tertiary/aromatic N) is 2. The molecule has 0 bridgehead atoms. The van der Waals surface area contributed by atoms with Crippen LogP contribution in [0.3, 0.4) is 0 Å². The predicted octanol–water partition coefficient (Wildman–Crippen LogP) is 3.97. The SMILES string of the molecule is COc1ccc(OC)c(N(CC(=O)N(Cc2ccc(Cl)c(Cl)c2)[C@@H](C)C(=O)NCC(C)C)S(C)(=O)=O)c1. The third-order valence-corrected chi connectivity index (χ3v) is 7.39. The van der Waals surface area contributed by atoms with Crippen LogP contribution in [0.2, 0.25) is 10.0 Å². The molecule has 0 spiro atoms. The number of hydrogen-bond acceptors (Lipinski definition) is 6. The van der Waals surface area contributed by atoms with Gasteiger partial charge >= 0.3 is 0 Å². The van der Waals surface area contributed by atoms with Gasteiger partial charge in [-0.1, -0.05) is 43.1 Å². The third kappa shape index (κ3) is 8.41. The Hall–Kier alpha value is -2.69. The molecule has 0 aromatic heterocycles. The summed E-state index contributed by atoms with van der Waals surface area (Å²) in [6.07, 6.45) is 0.987. The summed E-state index contributed by atoms with van der Waals surface area (Å²) < 4.78 is 37.2. The van der Waals surface area contributed by atoms with Crippen LogP contribution >= 0.6 is 23.2 Å². The van der Waals surface area contributed by atoms with Crippen molar-refractivity contribution in [2.24, 2.45) is 5.92 Å². The first-order valence-electron chi connectivity index (χ1n) is 11.5. The number of nitrogens with one attached hydrogen (secondary N) is 1. The first-order chi connectivity index (χ1) is 17.3. The monoisotopic (exact) mass is 573 g/mol. The Morgan fingerprint density at radius 2 is 1.68 bits per heavy atom. The molecule has 1 N–H and O–H groups in total. The van der Waals surface area contributed by atoms with Gasteiger partial charge in [-0.15, -0.1) is 0 Å². The van der Waals surface area contributed by atoms with Gasteiger partial charge in [-0.25, -0.2) is 8.42 Å². The summed E-state index contributed by atoms with van der Waals surface area (Å²) in [5, 5.41) is 3.46. The minimum absolute atomic E-state index is 0.00116. The molecule has 2 aromatic carbocycles. The van der Waals surface area contributed by atoms with Crippen LogP contribution in [-0.2, 0) is 26.2 Å². The molecule has 0 aliphatic heterocycles. The van der Waals surface area contributed by atoms with E-state index in [0.717, 1.165) is 10.6 Å². The number of carbonyl (C=O) groups is 2. The fourth-order valence-electron chi connectivity index (χ4n) is 3.46. The van der Waals surface area contributed by atoms with Crippen LogP contribution in [0.4, 0.5) is 5.69 Å². The lowest BCUT2D eigenvalue weighted by atomic mass is 10.1. The van der Waals surface area contributed by atoms with E-state index < -0.39 is 28.5 Å². The average molecular weight is 575 g/mol. The zero-order valence-corrected chi connectivity index (χ0v) is 24.1. The molecule has 2 aromatic rings. The summed E-state index contributed by atoms with van der Waals surface area (Å²) in [6.45, 7) is 5.34. The summed E-state index contributed by atoms with van der Waals surface area (Å²) >= 11 is 12.2. The van der Waals surface area contributed by atoms with Gasteiger partial charge < -0.3 is 19.7 Å². The maximum atomic E-state index is 13.7. The second kappa shape index (κ2) is 13.2. The Morgan fingerprint density at radius 1 is 1.00 bits per heavy atom. The van der Waals surface area contributed by atoms with E-state index in [-0.39, 0.29) is 29.8 Å². The summed E-state index contributed by atoms with van der Waals surface area (Å²) in [4.78, 5) is 27.9. The molecule has 0 fully saturated rings. The topological polar surface area (TPSA) is 105 Å². The van der Waals surface area contributed by atoms with Gasteiger partial charge in [0.1, 0.15) is 24.1 Å². The van der Waals surface area contributed by atoms with Gasteiger partial charge in [-0.05, 0) is 42.7 Å². The minimum Gasteiger partial charge on any atom is -0.497 e.